The molecule has 2 aromatic rings. The molecule has 1 aromatic heterocycles. The number of nitrogens with zero attached hydrogens (tertiary/aromatic N) is 1. The van der Waals surface area contributed by atoms with Crippen LogP contribution >= 0.6 is 15.9 Å². The van der Waals surface area contributed by atoms with Gasteiger partial charge in [0.2, 0.25) is 5.91 Å². The highest BCUT2D eigenvalue weighted by Crippen LogP contribution is 2.18. The molecule has 0 saturated carbocycles. The van der Waals surface area contributed by atoms with E-state index in [4.69, 9.17) is 5.73 Å². The van der Waals surface area contributed by atoms with Crippen molar-refractivity contribution in [3.63, 3.8) is 0 Å². The average molecular weight is 251 g/mol. The van der Waals surface area contributed by atoms with Gasteiger partial charge in [-0.1, -0.05) is 15.9 Å². The normalized spacial score (nSPS) is 10.4. The first-order chi connectivity index (χ1) is 6.66. The molecule has 0 spiro atoms. The SMILES string of the molecule is NC(=O)c1cnc2ccc(Br)cc2c1. The Morgan fingerprint density at radius 3 is 2.86 bits per heavy atom. The van der Waals surface area contributed by atoms with Crippen LogP contribution in [0.4, 0.5) is 0 Å². The van der Waals surface area contributed by atoms with Crippen LogP contribution in [0, 0.1) is 0 Å². The molecule has 14 heavy (non-hydrogen) atoms. The van der Waals surface area contributed by atoms with Crippen molar-refractivity contribution < 1.29 is 4.79 Å². The number of fused-ring (bicyclic) bond motifs is 1. The Balaban J connectivity index is 2.69. The molecule has 1 heterocycles. The van der Waals surface area contributed by atoms with Gasteiger partial charge in [0, 0.05) is 16.1 Å². The van der Waals surface area contributed by atoms with E-state index in [-0.39, 0.29) is 0 Å². The maximum atomic E-state index is 10.9. The lowest BCUT2D eigenvalue weighted by molar-refractivity contribution is 0.1000. The molecule has 0 saturated heterocycles. The van der Waals surface area contributed by atoms with Crippen molar-refractivity contribution in [2.24, 2.45) is 5.73 Å². The molecular formula is C10H7BrN2O. The number of aromatic nitrogens is 1. The second kappa shape index (κ2) is 3.38. The lowest BCUT2D eigenvalue weighted by atomic mass is 10.1. The molecule has 0 aliphatic carbocycles. The minimum atomic E-state index is -0.459. The predicted octanol–water partition coefficient (Wildman–Crippen LogP) is 2.10. The first-order valence-electron chi connectivity index (χ1n) is 4.02. The molecule has 2 rings (SSSR count). The fourth-order valence-electron chi connectivity index (χ4n) is 1.24. The van der Waals surface area contributed by atoms with E-state index >= 15 is 0 Å². The Labute approximate surface area is 89.1 Å². The molecule has 2 N–H and O–H groups in total. The summed E-state index contributed by atoms with van der Waals surface area (Å²) < 4.78 is 0.952. The van der Waals surface area contributed by atoms with E-state index in [2.05, 4.69) is 20.9 Å². The van der Waals surface area contributed by atoms with Crippen molar-refractivity contribution in [1.29, 1.82) is 0 Å². The number of nitrogens with two attached hydrogens (primary N) is 1. The van der Waals surface area contributed by atoms with Crippen molar-refractivity contribution >= 4 is 32.7 Å². The average Bonchev–Trinajstić information content (AvgIpc) is 2.16. The van der Waals surface area contributed by atoms with Crippen LogP contribution in [-0.2, 0) is 0 Å². The molecular weight excluding hydrogens is 244 g/mol. The summed E-state index contributed by atoms with van der Waals surface area (Å²) >= 11 is 3.35. The van der Waals surface area contributed by atoms with E-state index < -0.39 is 5.91 Å². The lowest BCUT2D eigenvalue weighted by Crippen LogP contribution is -2.10. The first-order valence-corrected chi connectivity index (χ1v) is 4.81. The van der Waals surface area contributed by atoms with Crippen molar-refractivity contribution in [1.82, 2.24) is 4.98 Å². The molecule has 0 aliphatic heterocycles. The summed E-state index contributed by atoms with van der Waals surface area (Å²) in [4.78, 5) is 15.0. The second-order valence-electron chi connectivity index (χ2n) is 2.93. The zero-order valence-electron chi connectivity index (χ0n) is 7.20. The van der Waals surface area contributed by atoms with Gasteiger partial charge in [0.1, 0.15) is 0 Å². The summed E-state index contributed by atoms with van der Waals surface area (Å²) in [6.45, 7) is 0. The Morgan fingerprint density at radius 2 is 2.14 bits per heavy atom. The molecule has 0 unspecified atom stereocenters. The third kappa shape index (κ3) is 1.61. The van der Waals surface area contributed by atoms with Gasteiger partial charge in [-0.25, -0.2) is 0 Å². The summed E-state index contributed by atoms with van der Waals surface area (Å²) in [6, 6.07) is 7.41. The van der Waals surface area contributed by atoms with Crippen molar-refractivity contribution in [3.05, 3.63) is 40.5 Å². The summed E-state index contributed by atoms with van der Waals surface area (Å²) in [5.41, 5.74) is 6.42. The van der Waals surface area contributed by atoms with Crippen LogP contribution in [0.2, 0.25) is 0 Å². The standard InChI is InChI=1S/C10H7BrN2O/c11-8-1-2-9-6(4-8)3-7(5-13-9)10(12)14/h1-5H,(H2,12,14). The van der Waals surface area contributed by atoms with Crippen LogP contribution < -0.4 is 5.73 Å². The van der Waals surface area contributed by atoms with Crippen molar-refractivity contribution in [2.75, 3.05) is 0 Å². The number of primary amides is 1. The number of hydrogen-bond donors (Lipinski definition) is 1. The van der Waals surface area contributed by atoms with Gasteiger partial charge in [-0.05, 0) is 24.3 Å². The van der Waals surface area contributed by atoms with Crippen LogP contribution in [0.3, 0.4) is 0 Å². The van der Waals surface area contributed by atoms with Gasteiger partial charge in [-0.3, -0.25) is 9.78 Å². The molecule has 70 valence electrons. The minimum absolute atomic E-state index is 0.426. The molecule has 1 amide bonds. The molecule has 0 aliphatic rings. The Hall–Kier alpha value is -1.42. The van der Waals surface area contributed by atoms with Crippen LogP contribution in [0.15, 0.2) is 34.9 Å². The summed E-state index contributed by atoms with van der Waals surface area (Å²) in [7, 11) is 0. The van der Waals surface area contributed by atoms with Crippen molar-refractivity contribution in [3.8, 4) is 0 Å². The molecule has 4 heteroatoms. The van der Waals surface area contributed by atoms with Crippen LogP contribution in [0.25, 0.3) is 10.9 Å². The minimum Gasteiger partial charge on any atom is -0.366 e. The first kappa shape index (κ1) is 9.15. The summed E-state index contributed by atoms with van der Waals surface area (Å²) in [6.07, 6.45) is 1.48. The number of amides is 1. The largest absolute Gasteiger partial charge is 0.366 e. The predicted molar refractivity (Wildman–Crippen MR) is 58.0 cm³/mol. The van der Waals surface area contributed by atoms with E-state index in [1.54, 1.807) is 6.07 Å². The Bertz CT molecular complexity index is 510. The van der Waals surface area contributed by atoms with Gasteiger partial charge in [0.05, 0.1) is 11.1 Å². The van der Waals surface area contributed by atoms with Gasteiger partial charge in [0.15, 0.2) is 0 Å². The highest BCUT2D eigenvalue weighted by Gasteiger charge is 2.02. The molecule has 1 aromatic carbocycles. The summed E-state index contributed by atoms with van der Waals surface area (Å²) in [5.74, 6) is -0.459. The monoisotopic (exact) mass is 250 g/mol. The van der Waals surface area contributed by atoms with E-state index in [1.165, 1.54) is 6.20 Å². The van der Waals surface area contributed by atoms with Gasteiger partial charge >= 0.3 is 0 Å². The number of carbonyl (C=O) groups is 1. The summed E-state index contributed by atoms with van der Waals surface area (Å²) in [5, 5.41) is 0.899. The Kier molecular flexibility index (Phi) is 2.21. The third-order valence-corrected chi connectivity index (χ3v) is 2.42. The maximum absolute atomic E-state index is 10.9. The molecule has 0 radical (unpaired) electrons. The van der Waals surface area contributed by atoms with Gasteiger partial charge in [-0.15, -0.1) is 0 Å². The number of hydrogen-bond acceptors (Lipinski definition) is 2. The fraction of sp³-hybridized carbons (Fsp3) is 0. The van der Waals surface area contributed by atoms with E-state index in [0.29, 0.717) is 5.56 Å². The van der Waals surface area contributed by atoms with E-state index in [1.807, 2.05) is 18.2 Å². The fourth-order valence-corrected chi connectivity index (χ4v) is 1.62. The zero-order chi connectivity index (χ0) is 10.1. The van der Waals surface area contributed by atoms with Crippen LogP contribution in [0.5, 0.6) is 0 Å². The number of halogens is 1. The zero-order valence-corrected chi connectivity index (χ0v) is 8.78. The topological polar surface area (TPSA) is 56.0 Å². The highest BCUT2D eigenvalue weighted by atomic mass is 79.9. The van der Waals surface area contributed by atoms with E-state index in [9.17, 15) is 4.79 Å². The van der Waals surface area contributed by atoms with Crippen LogP contribution in [-0.4, -0.2) is 10.9 Å². The molecule has 0 fully saturated rings. The number of rotatable bonds is 1. The van der Waals surface area contributed by atoms with Gasteiger partial charge < -0.3 is 5.73 Å². The van der Waals surface area contributed by atoms with Gasteiger partial charge in [-0.2, -0.15) is 0 Å². The third-order valence-electron chi connectivity index (χ3n) is 1.93. The molecule has 3 nitrogen and oxygen atoms in total. The smallest absolute Gasteiger partial charge is 0.250 e. The molecule has 0 atom stereocenters. The van der Waals surface area contributed by atoms with Gasteiger partial charge in [0.25, 0.3) is 0 Å². The maximum Gasteiger partial charge on any atom is 0.250 e. The second-order valence-corrected chi connectivity index (χ2v) is 3.84. The van der Waals surface area contributed by atoms with Crippen molar-refractivity contribution in [2.45, 2.75) is 0 Å². The molecule has 0 bridgehead atoms. The lowest BCUT2D eigenvalue weighted by Gasteiger charge is -1.99. The number of benzene rings is 1. The van der Waals surface area contributed by atoms with Crippen LogP contribution in [0.1, 0.15) is 10.4 Å². The number of pyridine rings is 1. The quantitative estimate of drug-likeness (QED) is 0.843. The highest BCUT2D eigenvalue weighted by molar-refractivity contribution is 9.10. The number of carbonyl (C=O) groups excluding carboxylic acids is 1. The Morgan fingerprint density at radius 1 is 1.36 bits per heavy atom. The van der Waals surface area contributed by atoms with E-state index in [0.717, 1.165) is 15.4 Å².